The molecule has 0 unspecified atom stereocenters. The molecule has 0 aliphatic rings. The molecule has 2 aromatic heterocycles. The van der Waals surface area contributed by atoms with E-state index in [1.54, 1.807) is 12.4 Å². The van der Waals surface area contributed by atoms with Crippen LogP contribution in [0.1, 0.15) is 10.5 Å². The molecular weight excluding hydrogens is 220 g/mol. The highest BCUT2D eigenvalue weighted by Gasteiger charge is 2.12. The average Bonchev–Trinajstić information content (AvgIpc) is 2.71. The molecule has 7 heteroatoms. The van der Waals surface area contributed by atoms with Gasteiger partial charge in [0.05, 0.1) is 11.2 Å². The van der Waals surface area contributed by atoms with E-state index < -0.39 is 5.97 Å². The first-order valence-corrected chi connectivity index (χ1v) is 4.30. The molecule has 2 aromatic rings. The normalized spacial score (nSPS) is 10.2. The van der Waals surface area contributed by atoms with Crippen molar-refractivity contribution in [3.8, 4) is 5.95 Å². The summed E-state index contributed by atoms with van der Waals surface area (Å²) in [6.07, 6.45) is 5.86. The molecule has 0 radical (unpaired) electrons. The fourth-order valence-corrected chi connectivity index (χ4v) is 1.18. The third-order valence-electron chi connectivity index (χ3n) is 1.67. The number of nitrogens with zero attached hydrogens (tertiary/aromatic N) is 4. The van der Waals surface area contributed by atoms with Gasteiger partial charge in [-0.05, 0) is 0 Å². The van der Waals surface area contributed by atoms with Gasteiger partial charge < -0.3 is 5.11 Å². The lowest BCUT2D eigenvalue weighted by Gasteiger charge is -2.01. The van der Waals surface area contributed by atoms with Crippen molar-refractivity contribution in [2.75, 3.05) is 0 Å². The zero-order chi connectivity index (χ0) is 10.8. The fraction of sp³-hybridized carbons (Fsp3) is 0. The maximum atomic E-state index is 10.7. The van der Waals surface area contributed by atoms with Crippen LogP contribution in [0.25, 0.3) is 5.95 Å². The summed E-state index contributed by atoms with van der Waals surface area (Å²) in [5.74, 6) is -0.974. The molecule has 0 aromatic carbocycles. The summed E-state index contributed by atoms with van der Waals surface area (Å²) in [6.45, 7) is 0. The summed E-state index contributed by atoms with van der Waals surface area (Å²) in [5.41, 5.74) is -0.227. The van der Waals surface area contributed by atoms with E-state index in [-0.39, 0.29) is 16.7 Å². The molecule has 0 saturated heterocycles. The number of hydrogen-bond acceptors (Lipinski definition) is 4. The Balaban J connectivity index is 2.52. The predicted octanol–water partition coefficient (Wildman–Crippen LogP) is 1.01. The summed E-state index contributed by atoms with van der Waals surface area (Å²) < 4.78 is 1.49. The second kappa shape index (κ2) is 3.66. The molecule has 2 rings (SSSR count). The number of halogens is 1. The van der Waals surface area contributed by atoms with Crippen molar-refractivity contribution in [1.29, 1.82) is 0 Å². The van der Waals surface area contributed by atoms with Crippen LogP contribution < -0.4 is 0 Å². The first-order chi connectivity index (χ1) is 7.18. The molecule has 6 nitrogen and oxygen atoms in total. The van der Waals surface area contributed by atoms with Gasteiger partial charge in [-0.2, -0.15) is 0 Å². The van der Waals surface area contributed by atoms with Crippen molar-refractivity contribution in [2.45, 2.75) is 0 Å². The van der Waals surface area contributed by atoms with Crippen molar-refractivity contribution in [3.63, 3.8) is 0 Å². The van der Waals surface area contributed by atoms with E-state index in [1.807, 2.05) is 0 Å². The first kappa shape index (κ1) is 9.60. The summed E-state index contributed by atoms with van der Waals surface area (Å²) in [6, 6.07) is 0. The summed E-state index contributed by atoms with van der Waals surface area (Å²) in [7, 11) is 0. The SMILES string of the molecule is O=C(O)c1nc(-n2ccnc2)ncc1Cl. The highest BCUT2D eigenvalue weighted by atomic mass is 35.5. The number of aromatic nitrogens is 4. The van der Waals surface area contributed by atoms with Gasteiger partial charge in [0.1, 0.15) is 6.33 Å². The van der Waals surface area contributed by atoms with Crippen LogP contribution >= 0.6 is 11.6 Å². The third-order valence-corrected chi connectivity index (χ3v) is 1.95. The summed E-state index contributed by atoms with van der Waals surface area (Å²) >= 11 is 5.62. The van der Waals surface area contributed by atoms with Crippen LogP contribution in [-0.4, -0.2) is 30.6 Å². The molecule has 0 atom stereocenters. The third kappa shape index (κ3) is 1.79. The van der Waals surface area contributed by atoms with Gasteiger partial charge in [0.25, 0.3) is 0 Å². The lowest BCUT2D eigenvalue weighted by molar-refractivity contribution is 0.0690. The highest BCUT2D eigenvalue weighted by Crippen LogP contribution is 2.13. The molecule has 0 fully saturated rings. The quantitative estimate of drug-likeness (QED) is 0.824. The van der Waals surface area contributed by atoms with Gasteiger partial charge in [0.2, 0.25) is 5.95 Å². The largest absolute Gasteiger partial charge is 0.476 e. The molecule has 0 aliphatic heterocycles. The molecule has 0 saturated carbocycles. The van der Waals surface area contributed by atoms with Crippen molar-refractivity contribution < 1.29 is 9.90 Å². The maximum Gasteiger partial charge on any atom is 0.356 e. The van der Waals surface area contributed by atoms with Crippen LogP contribution in [0.5, 0.6) is 0 Å². The van der Waals surface area contributed by atoms with Crippen LogP contribution in [-0.2, 0) is 0 Å². The van der Waals surface area contributed by atoms with E-state index in [0.717, 1.165) is 0 Å². The monoisotopic (exact) mass is 224 g/mol. The van der Waals surface area contributed by atoms with Crippen LogP contribution in [0.2, 0.25) is 5.02 Å². The average molecular weight is 225 g/mol. The van der Waals surface area contributed by atoms with Crippen molar-refractivity contribution >= 4 is 17.6 Å². The maximum absolute atomic E-state index is 10.7. The van der Waals surface area contributed by atoms with Gasteiger partial charge in [-0.15, -0.1) is 0 Å². The van der Waals surface area contributed by atoms with E-state index in [2.05, 4.69) is 15.0 Å². The molecule has 0 aliphatic carbocycles. The van der Waals surface area contributed by atoms with Crippen LogP contribution in [0.4, 0.5) is 0 Å². The lowest BCUT2D eigenvalue weighted by atomic mass is 10.4. The van der Waals surface area contributed by atoms with Gasteiger partial charge in [-0.3, -0.25) is 4.57 Å². The molecule has 76 valence electrons. The number of carboxylic acids is 1. The number of rotatable bonds is 2. The second-order valence-electron chi connectivity index (χ2n) is 2.64. The van der Waals surface area contributed by atoms with Gasteiger partial charge in [0.15, 0.2) is 5.69 Å². The molecule has 0 bridgehead atoms. The Labute approximate surface area is 89.2 Å². The minimum absolute atomic E-state index is 0.00589. The summed E-state index contributed by atoms with van der Waals surface area (Å²) in [5, 5.41) is 8.79. The smallest absolute Gasteiger partial charge is 0.356 e. The highest BCUT2D eigenvalue weighted by molar-refractivity contribution is 6.33. The predicted molar refractivity (Wildman–Crippen MR) is 51.1 cm³/mol. The standard InChI is InChI=1S/C8H5ClN4O2/c9-5-3-11-8(12-6(5)7(14)15)13-2-1-10-4-13/h1-4H,(H,14,15). The fourth-order valence-electron chi connectivity index (χ4n) is 1.01. The second-order valence-corrected chi connectivity index (χ2v) is 3.05. The Morgan fingerprint density at radius 1 is 1.53 bits per heavy atom. The molecule has 15 heavy (non-hydrogen) atoms. The Kier molecular flexibility index (Phi) is 2.34. The summed E-state index contributed by atoms with van der Waals surface area (Å²) in [4.78, 5) is 22.2. The van der Waals surface area contributed by atoms with Gasteiger partial charge >= 0.3 is 5.97 Å². The molecule has 0 amide bonds. The molecule has 1 N–H and O–H groups in total. The Bertz CT molecular complexity index is 497. The van der Waals surface area contributed by atoms with Gasteiger partial charge in [0, 0.05) is 12.4 Å². The number of hydrogen-bond donors (Lipinski definition) is 1. The zero-order valence-corrected chi connectivity index (χ0v) is 8.09. The van der Waals surface area contributed by atoms with E-state index in [9.17, 15) is 4.79 Å². The van der Waals surface area contributed by atoms with E-state index in [1.165, 1.54) is 17.1 Å². The number of aromatic carboxylic acids is 1. The minimum Gasteiger partial charge on any atom is -0.476 e. The topological polar surface area (TPSA) is 80.9 Å². The van der Waals surface area contributed by atoms with Crippen LogP contribution in [0.15, 0.2) is 24.9 Å². The van der Waals surface area contributed by atoms with Crippen LogP contribution in [0.3, 0.4) is 0 Å². The number of carbonyl (C=O) groups is 1. The number of carboxylic acid groups (broad SMARTS) is 1. The first-order valence-electron chi connectivity index (χ1n) is 3.92. The van der Waals surface area contributed by atoms with Crippen LogP contribution in [0, 0.1) is 0 Å². The zero-order valence-electron chi connectivity index (χ0n) is 7.33. The lowest BCUT2D eigenvalue weighted by Crippen LogP contribution is -2.07. The van der Waals surface area contributed by atoms with E-state index in [0.29, 0.717) is 0 Å². The Morgan fingerprint density at radius 2 is 2.33 bits per heavy atom. The Hall–Kier alpha value is -1.95. The molecule has 2 heterocycles. The minimum atomic E-state index is -1.19. The molecule has 0 spiro atoms. The number of imidazole rings is 1. The van der Waals surface area contributed by atoms with Crippen molar-refractivity contribution in [1.82, 2.24) is 19.5 Å². The van der Waals surface area contributed by atoms with Crippen molar-refractivity contribution in [3.05, 3.63) is 35.6 Å². The van der Waals surface area contributed by atoms with Crippen molar-refractivity contribution in [2.24, 2.45) is 0 Å². The van der Waals surface area contributed by atoms with E-state index in [4.69, 9.17) is 16.7 Å². The van der Waals surface area contributed by atoms with Gasteiger partial charge in [-0.25, -0.2) is 19.7 Å². The molecular formula is C8H5ClN4O2. The Morgan fingerprint density at radius 3 is 2.93 bits per heavy atom. The van der Waals surface area contributed by atoms with E-state index >= 15 is 0 Å². The van der Waals surface area contributed by atoms with Gasteiger partial charge in [-0.1, -0.05) is 11.6 Å².